The summed E-state index contributed by atoms with van der Waals surface area (Å²) in [6.07, 6.45) is 3.22. The fourth-order valence-corrected chi connectivity index (χ4v) is 3.20. The largest absolute Gasteiger partial charge is 0.342 e. The van der Waals surface area contributed by atoms with Crippen molar-refractivity contribution in [3.05, 3.63) is 62.6 Å². The van der Waals surface area contributed by atoms with Gasteiger partial charge in [-0.3, -0.25) is 0 Å². The number of urea groups is 1. The van der Waals surface area contributed by atoms with E-state index in [2.05, 4.69) is 16.5 Å². The number of halogens is 3. The van der Waals surface area contributed by atoms with Crippen LogP contribution in [0.2, 0.25) is 15.1 Å². The maximum Gasteiger partial charge on any atom is 0.342 e. The number of carbonyl (C=O) groups is 1. The molecule has 0 aromatic heterocycles. The number of nitrogens with one attached hydrogen (secondary N) is 1. The summed E-state index contributed by atoms with van der Waals surface area (Å²) in [4.78, 5) is 11.9. The molecule has 26 heavy (non-hydrogen) atoms. The Hall–Kier alpha value is -2.52. The van der Waals surface area contributed by atoms with Gasteiger partial charge in [0.15, 0.2) is 0 Å². The Morgan fingerprint density at radius 3 is 2.42 bits per heavy atom. The van der Waals surface area contributed by atoms with Crippen molar-refractivity contribution in [2.45, 2.75) is 0 Å². The molecule has 0 fully saturated rings. The van der Waals surface area contributed by atoms with E-state index in [4.69, 9.17) is 34.8 Å². The van der Waals surface area contributed by atoms with Gasteiger partial charge in [-0.1, -0.05) is 46.9 Å². The van der Waals surface area contributed by atoms with Crippen LogP contribution in [0.4, 0.5) is 10.5 Å². The highest BCUT2D eigenvalue weighted by atomic mass is 35.5. The molecule has 0 radical (unpaired) electrons. The summed E-state index contributed by atoms with van der Waals surface area (Å²) >= 11 is 18.6. The summed E-state index contributed by atoms with van der Waals surface area (Å²) in [5, 5.41) is 18.4. The molecule has 0 saturated carbocycles. The van der Waals surface area contributed by atoms with Gasteiger partial charge in [0.2, 0.25) is 0 Å². The normalized spacial score (nSPS) is 14.2. The number of hydrazone groups is 1. The van der Waals surface area contributed by atoms with Gasteiger partial charge in [-0.2, -0.15) is 15.4 Å². The van der Waals surface area contributed by atoms with Crippen molar-refractivity contribution in [1.29, 1.82) is 5.26 Å². The van der Waals surface area contributed by atoms with Crippen LogP contribution >= 0.6 is 34.8 Å². The number of hydrogen-bond donors (Lipinski definition) is 1. The maximum atomic E-state index is 11.9. The van der Waals surface area contributed by atoms with Crippen molar-refractivity contribution in [3.63, 3.8) is 0 Å². The van der Waals surface area contributed by atoms with Crippen LogP contribution in [-0.2, 0) is 0 Å². The molecular formula is C18H11Cl3N4O. The van der Waals surface area contributed by atoms with E-state index < -0.39 is 0 Å². The first-order valence-corrected chi connectivity index (χ1v) is 8.60. The monoisotopic (exact) mass is 404 g/mol. The highest BCUT2D eigenvalue weighted by Gasteiger charge is 2.21. The van der Waals surface area contributed by atoms with Gasteiger partial charge in [-0.05, 0) is 35.9 Å². The van der Waals surface area contributed by atoms with Gasteiger partial charge in [0.25, 0.3) is 0 Å². The molecule has 0 spiro atoms. The van der Waals surface area contributed by atoms with Gasteiger partial charge in [0, 0.05) is 16.8 Å². The molecule has 130 valence electrons. The second-order valence-electron chi connectivity index (χ2n) is 5.30. The van der Waals surface area contributed by atoms with Crippen LogP contribution in [0.15, 0.2) is 41.5 Å². The second kappa shape index (κ2) is 7.79. The highest BCUT2D eigenvalue weighted by molar-refractivity contribution is 6.39. The predicted octanol–water partition coefficient (Wildman–Crippen LogP) is 5.23. The Balaban J connectivity index is 2.03. The zero-order valence-corrected chi connectivity index (χ0v) is 15.5. The average molecular weight is 406 g/mol. The van der Waals surface area contributed by atoms with E-state index >= 15 is 0 Å². The molecule has 8 heteroatoms. The second-order valence-corrected chi connectivity index (χ2v) is 6.55. The van der Waals surface area contributed by atoms with Crippen molar-refractivity contribution >= 4 is 64.4 Å². The van der Waals surface area contributed by atoms with E-state index in [1.807, 2.05) is 0 Å². The maximum absolute atomic E-state index is 11.9. The van der Waals surface area contributed by atoms with Crippen LogP contribution in [0, 0.1) is 11.3 Å². The Morgan fingerprint density at radius 2 is 1.85 bits per heavy atom. The Bertz CT molecular complexity index is 938. The summed E-state index contributed by atoms with van der Waals surface area (Å²) in [7, 11) is 0. The van der Waals surface area contributed by atoms with E-state index in [-0.39, 0.29) is 16.1 Å². The number of benzene rings is 2. The molecule has 1 aliphatic rings. The summed E-state index contributed by atoms with van der Waals surface area (Å²) < 4.78 is 0. The van der Waals surface area contributed by atoms with E-state index in [0.29, 0.717) is 28.4 Å². The Kier molecular flexibility index (Phi) is 5.48. The molecule has 1 N–H and O–H groups in total. The first-order chi connectivity index (χ1) is 12.5. The standard InChI is InChI=1S/C18H11Cl3N4O/c19-13-3-1-11(2-4-13)7-12(10-22)17-15(20)8-14(9-16(17)21)25-18(26)23-5-6-24-25/h1-4,6-9H,5H2,(H,23,26)/b12-7+. The van der Waals surface area contributed by atoms with Gasteiger partial charge in [0.05, 0.1) is 33.9 Å². The zero-order valence-electron chi connectivity index (χ0n) is 13.2. The number of allylic oxidation sites excluding steroid dienone is 1. The van der Waals surface area contributed by atoms with E-state index in [1.165, 1.54) is 12.1 Å². The summed E-state index contributed by atoms with van der Waals surface area (Å²) in [5.74, 6) is 0. The van der Waals surface area contributed by atoms with E-state index in [0.717, 1.165) is 10.6 Å². The van der Waals surface area contributed by atoms with Crippen LogP contribution in [0.5, 0.6) is 0 Å². The first kappa shape index (κ1) is 18.3. The minimum absolute atomic E-state index is 0.239. The molecule has 0 aliphatic carbocycles. The third kappa shape index (κ3) is 3.83. The number of amides is 2. The van der Waals surface area contributed by atoms with Gasteiger partial charge in [-0.25, -0.2) is 4.79 Å². The SMILES string of the molecule is N#C/C(=C\c1ccc(Cl)cc1)c1c(Cl)cc(N2N=CCNC2=O)cc1Cl. The third-order valence-corrected chi connectivity index (χ3v) is 4.42. The lowest BCUT2D eigenvalue weighted by Gasteiger charge is -2.21. The third-order valence-electron chi connectivity index (χ3n) is 3.58. The smallest absolute Gasteiger partial charge is 0.331 e. The molecule has 2 amide bonds. The first-order valence-electron chi connectivity index (χ1n) is 7.47. The minimum atomic E-state index is -0.385. The van der Waals surface area contributed by atoms with Gasteiger partial charge in [0.1, 0.15) is 0 Å². The van der Waals surface area contributed by atoms with Crippen molar-refractivity contribution < 1.29 is 4.79 Å². The number of carbonyl (C=O) groups excluding carboxylic acids is 1. The van der Waals surface area contributed by atoms with Gasteiger partial charge < -0.3 is 5.32 Å². The van der Waals surface area contributed by atoms with Crippen LogP contribution in [-0.4, -0.2) is 18.8 Å². The Morgan fingerprint density at radius 1 is 1.19 bits per heavy atom. The Labute approximate surface area is 165 Å². The molecule has 3 rings (SSSR count). The molecule has 5 nitrogen and oxygen atoms in total. The molecule has 0 bridgehead atoms. The number of hydrogen-bond acceptors (Lipinski definition) is 3. The average Bonchev–Trinajstić information content (AvgIpc) is 2.62. The predicted molar refractivity (Wildman–Crippen MR) is 106 cm³/mol. The molecule has 1 aliphatic heterocycles. The van der Waals surface area contributed by atoms with Crippen molar-refractivity contribution in [2.75, 3.05) is 11.6 Å². The minimum Gasteiger partial charge on any atom is -0.331 e. The molecule has 0 atom stereocenters. The fourth-order valence-electron chi connectivity index (χ4n) is 2.39. The van der Waals surface area contributed by atoms with E-state index in [9.17, 15) is 10.1 Å². The van der Waals surface area contributed by atoms with Gasteiger partial charge in [-0.15, -0.1) is 0 Å². The van der Waals surface area contributed by atoms with Crippen molar-refractivity contribution in [2.24, 2.45) is 5.10 Å². The van der Waals surface area contributed by atoms with Crippen LogP contribution < -0.4 is 10.3 Å². The molecule has 1 heterocycles. The summed E-state index contributed by atoms with van der Waals surface area (Å²) in [5.41, 5.74) is 1.86. The fraction of sp³-hybridized carbons (Fsp3) is 0.0556. The van der Waals surface area contributed by atoms with Crippen LogP contribution in [0.1, 0.15) is 11.1 Å². The number of nitrogens with zero attached hydrogens (tertiary/aromatic N) is 3. The molecule has 2 aromatic rings. The summed E-state index contributed by atoms with van der Waals surface area (Å²) in [6.45, 7) is 0.358. The number of nitriles is 1. The van der Waals surface area contributed by atoms with Crippen LogP contribution in [0.3, 0.4) is 0 Å². The number of rotatable bonds is 3. The number of anilines is 1. The molecular weight excluding hydrogens is 395 g/mol. The van der Waals surface area contributed by atoms with E-state index in [1.54, 1.807) is 36.6 Å². The molecule has 2 aromatic carbocycles. The highest BCUT2D eigenvalue weighted by Crippen LogP contribution is 2.36. The molecule has 0 saturated heterocycles. The summed E-state index contributed by atoms with van der Waals surface area (Å²) in [6, 6.07) is 11.8. The molecule has 0 unspecified atom stereocenters. The lowest BCUT2D eigenvalue weighted by atomic mass is 10.0. The van der Waals surface area contributed by atoms with Crippen LogP contribution in [0.25, 0.3) is 11.6 Å². The lowest BCUT2D eigenvalue weighted by Crippen LogP contribution is -2.41. The topological polar surface area (TPSA) is 68.5 Å². The zero-order chi connectivity index (χ0) is 18.7. The lowest BCUT2D eigenvalue weighted by molar-refractivity contribution is 0.247. The van der Waals surface area contributed by atoms with Crippen molar-refractivity contribution in [1.82, 2.24) is 5.32 Å². The van der Waals surface area contributed by atoms with Gasteiger partial charge >= 0.3 is 6.03 Å². The van der Waals surface area contributed by atoms with Crippen molar-refractivity contribution in [3.8, 4) is 6.07 Å². The quantitative estimate of drug-likeness (QED) is 0.561.